The van der Waals surface area contributed by atoms with Gasteiger partial charge in [-0.3, -0.25) is 10.1 Å². The van der Waals surface area contributed by atoms with E-state index in [9.17, 15) is 15.0 Å². The molecule has 2 rings (SSSR count). The molecule has 0 saturated carbocycles. The van der Waals surface area contributed by atoms with Crippen LogP contribution in [0.3, 0.4) is 0 Å². The van der Waals surface area contributed by atoms with Crippen LogP contribution in [0.15, 0.2) is 60.7 Å². The van der Waals surface area contributed by atoms with Crippen LogP contribution in [0.25, 0.3) is 0 Å². The summed E-state index contributed by atoms with van der Waals surface area (Å²) >= 11 is 0. The minimum atomic E-state index is -1.13. The fourth-order valence-corrected chi connectivity index (χ4v) is 2.18. The van der Waals surface area contributed by atoms with Crippen LogP contribution in [-0.2, 0) is 22.7 Å². The Hall–Kier alpha value is -2.21. The van der Waals surface area contributed by atoms with E-state index in [1.807, 2.05) is 60.7 Å². The lowest BCUT2D eigenvalue weighted by Gasteiger charge is -2.20. The molecule has 0 fully saturated rings. The van der Waals surface area contributed by atoms with Crippen LogP contribution in [0.1, 0.15) is 11.1 Å². The lowest BCUT2D eigenvalue weighted by atomic mass is 10.2. The van der Waals surface area contributed by atoms with Crippen molar-refractivity contribution in [3.63, 3.8) is 0 Å². The number of rotatable bonds is 9. The maximum absolute atomic E-state index is 11.3. The highest BCUT2D eigenvalue weighted by Crippen LogP contribution is 2.04. The summed E-state index contributed by atoms with van der Waals surface area (Å²) in [5.74, 6) is -1.10. The maximum atomic E-state index is 11.3. The highest BCUT2D eigenvalue weighted by Gasteiger charge is 2.26. The van der Waals surface area contributed by atoms with Gasteiger partial charge in [-0.2, -0.15) is 0 Å². The summed E-state index contributed by atoms with van der Waals surface area (Å²) in [5.41, 5.74) is 1.93. The molecule has 0 radical (unpaired) electrons. The number of carboxylic acids is 1. The van der Waals surface area contributed by atoms with Crippen molar-refractivity contribution < 1.29 is 19.7 Å². The number of ether oxygens (including phenoxy) is 1. The topological polar surface area (TPSA) is 78.8 Å². The Kier molecular flexibility index (Phi) is 6.75. The molecular formula is C18H21NO4. The predicted molar refractivity (Wildman–Crippen MR) is 86.8 cm³/mol. The van der Waals surface area contributed by atoms with Crippen molar-refractivity contribution >= 4 is 5.97 Å². The zero-order valence-corrected chi connectivity index (χ0v) is 12.8. The van der Waals surface area contributed by atoms with Crippen molar-refractivity contribution in [1.29, 1.82) is 0 Å². The Bertz CT molecular complexity index is 588. The van der Waals surface area contributed by atoms with E-state index in [1.165, 1.54) is 0 Å². The third-order valence-corrected chi connectivity index (χ3v) is 3.42. The lowest BCUT2D eigenvalue weighted by molar-refractivity contribution is -0.144. The first-order valence-electron chi connectivity index (χ1n) is 7.46. The van der Waals surface area contributed by atoms with Gasteiger partial charge in [0.15, 0.2) is 0 Å². The number of aliphatic hydroxyl groups excluding tert-OH is 1. The van der Waals surface area contributed by atoms with Gasteiger partial charge in [-0.05, 0) is 11.1 Å². The van der Waals surface area contributed by atoms with Gasteiger partial charge < -0.3 is 14.9 Å². The molecule has 0 aliphatic carbocycles. The molecule has 0 bridgehead atoms. The molecule has 0 spiro atoms. The fourth-order valence-electron chi connectivity index (χ4n) is 2.18. The fraction of sp³-hybridized carbons (Fsp3) is 0.278. The summed E-state index contributed by atoms with van der Waals surface area (Å²) in [7, 11) is 0. The molecule has 0 heterocycles. The van der Waals surface area contributed by atoms with Crippen molar-refractivity contribution in [3.05, 3.63) is 71.8 Å². The highest BCUT2D eigenvalue weighted by atomic mass is 16.5. The summed E-state index contributed by atoms with van der Waals surface area (Å²) in [6, 6.07) is 17.9. The SMILES string of the molecule is O=C(O)[13C@H](NCc1ccccc1)[13C@@H](O)COCc1ccccc1. The Labute approximate surface area is 135 Å². The number of aliphatic carboxylic acids is 1. The molecule has 23 heavy (non-hydrogen) atoms. The van der Waals surface area contributed by atoms with Gasteiger partial charge in [-0.25, -0.2) is 0 Å². The van der Waals surface area contributed by atoms with Crippen molar-refractivity contribution in [1.82, 2.24) is 5.32 Å². The number of hydrogen-bond acceptors (Lipinski definition) is 4. The highest BCUT2D eigenvalue weighted by molar-refractivity contribution is 5.74. The van der Waals surface area contributed by atoms with E-state index < -0.39 is 18.1 Å². The monoisotopic (exact) mass is 317 g/mol. The van der Waals surface area contributed by atoms with Crippen LogP contribution in [0.5, 0.6) is 0 Å². The number of benzene rings is 2. The Balaban J connectivity index is 1.81. The van der Waals surface area contributed by atoms with E-state index in [-0.39, 0.29) is 6.61 Å². The standard InChI is InChI=1S/C18H21NO4/c20-16(13-23-12-15-9-5-2-6-10-15)17(18(21)22)19-11-14-7-3-1-4-8-14/h1-10,16-17,19-20H,11-13H2,(H,21,22)/t16-,17+/m0/s1/i16+1,17+1. The molecule has 122 valence electrons. The Morgan fingerprint density at radius 3 is 2.13 bits per heavy atom. The van der Waals surface area contributed by atoms with Gasteiger partial charge in [0.2, 0.25) is 0 Å². The molecule has 0 aliphatic rings. The van der Waals surface area contributed by atoms with Crippen LogP contribution in [0, 0.1) is 0 Å². The van der Waals surface area contributed by atoms with Gasteiger partial charge in [-0.15, -0.1) is 0 Å². The average Bonchev–Trinajstić information content (AvgIpc) is 2.56. The van der Waals surface area contributed by atoms with Gasteiger partial charge in [0.1, 0.15) is 12.1 Å². The van der Waals surface area contributed by atoms with Gasteiger partial charge in [0.25, 0.3) is 0 Å². The van der Waals surface area contributed by atoms with E-state index in [2.05, 4.69) is 5.32 Å². The summed E-state index contributed by atoms with van der Waals surface area (Å²) in [6.07, 6.45) is -1.13. The quantitative estimate of drug-likeness (QED) is 0.615. The second kappa shape index (κ2) is 9.05. The summed E-state index contributed by atoms with van der Waals surface area (Å²) in [6.45, 7) is 0.657. The van der Waals surface area contributed by atoms with E-state index in [0.717, 1.165) is 11.1 Å². The molecule has 5 heteroatoms. The Morgan fingerprint density at radius 2 is 1.57 bits per heavy atom. The van der Waals surface area contributed by atoms with Crippen LogP contribution in [0.4, 0.5) is 0 Å². The zero-order chi connectivity index (χ0) is 16.5. The third-order valence-electron chi connectivity index (χ3n) is 3.42. The zero-order valence-electron chi connectivity index (χ0n) is 12.8. The largest absolute Gasteiger partial charge is 0.480 e. The first-order valence-corrected chi connectivity index (χ1v) is 7.46. The second-order valence-electron chi connectivity index (χ2n) is 5.25. The molecule has 2 aromatic rings. The lowest BCUT2D eigenvalue weighted by Crippen LogP contribution is -2.47. The first-order chi connectivity index (χ1) is 11.2. The van der Waals surface area contributed by atoms with Crippen LogP contribution >= 0.6 is 0 Å². The molecule has 0 aromatic heterocycles. The Morgan fingerprint density at radius 1 is 1.00 bits per heavy atom. The van der Waals surface area contributed by atoms with Crippen molar-refractivity contribution in [2.45, 2.75) is 25.3 Å². The van der Waals surface area contributed by atoms with E-state index in [1.54, 1.807) is 0 Å². The molecule has 0 aliphatic heterocycles. The van der Waals surface area contributed by atoms with Gasteiger partial charge in [0, 0.05) is 6.54 Å². The second-order valence-corrected chi connectivity index (χ2v) is 5.25. The number of aliphatic hydroxyl groups is 1. The summed E-state index contributed by atoms with van der Waals surface area (Å²) in [5, 5.41) is 22.2. The van der Waals surface area contributed by atoms with Crippen LogP contribution in [-0.4, -0.2) is 34.9 Å². The molecule has 2 aromatic carbocycles. The minimum absolute atomic E-state index is 0.0480. The van der Waals surface area contributed by atoms with Gasteiger partial charge >= 0.3 is 5.97 Å². The number of carbonyl (C=O) groups is 1. The number of hydrogen-bond donors (Lipinski definition) is 3. The normalized spacial score (nSPS) is 13.4. The van der Waals surface area contributed by atoms with Gasteiger partial charge in [0.05, 0.1) is 13.2 Å². The number of nitrogens with one attached hydrogen (secondary N) is 1. The summed E-state index contributed by atoms with van der Waals surface area (Å²) < 4.78 is 5.41. The van der Waals surface area contributed by atoms with Crippen molar-refractivity contribution in [3.8, 4) is 0 Å². The van der Waals surface area contributed by atoms with Crippen molar-refractivity contribution in [2.24, 2.45) is 0 Å². The molecule has 0 amide bonds. The van der Waals surface area contributed by atoms with Crippen molar-refractivity contribution in [2.75, 3.05) is 6.61 Å². The third kappa shape index (κ3) is 5.83. The predicted octanol–water partition coefficient (Wildman–Crippen LogP) is 1.81. The van der Waals surface area contributed by atoms with E-state index in [0.29, 0.717) is 13.2 Å². The molecule has 5 nitrogen and oxygen atoms in total. The molecule has 0 saturated heterocycles. The molecule has 2 atom stereocenters. The summed E-state index contributed by atoms with van der Waals surface area (Å²) in [4.78, 5) is 11.3. The first kappa shape index (κ1) is 17.1. The maximum Gasteiger partial charge on any atom is 0.323 e. The minimum Gasteiger partial charge on any atom is -0.480 e. The van der Waals surface area contributed by atoms with Crippen LogP contribution in [0.2, 0.25) is 0 Å². The van der Waals surface area contributed by atoms with Gasteiger partial charge in [-0.1, -0.05) is 60.7 Å². The smallest absolute Gasteiger partial charge is 0.323 e. The number of carboxylic acid groups (broad SMARTS) is 1. The van der Waals surface area contributed by atoms with E-state index in [4.69, 9.17) is 4.74 Å². The molecular weight excluding hydrogens is 296 g/mol. The molecule has 3 N–H and O–H groups in total. The molecule has 0 unspecified atom stereocenters. The average molecular weight is 317 g/mol. The van der Waals surface area contributed by atoms with Crippen LogP contribution < -0.4 is 5.32 Å². The van der Waals surface area contributed by atoms with E-state index >= 15 is 0 Å².